The zero-order valence-corrected chi connectivity index (χ0v) is 11.3. The van der Waals surface area contributed by atoms with Gasteiger partial charge in [0.2, 0.25) is 0 Å². The Labute approximate surface area is 109 Å². The molecular formula is C15H22N2O. The number of nitrogens with one attached hydrogen (secondary N) is 1. The molecule has 1 aliphatic heterocycles. The Morgan fingerprint density at radius 3 is 2.94 bits per heavy atom. The first-order chi connectivity index (χ1) is 8.76. The van der Waals surface area contributed by atoms with Crippen LogP contribution in [0.15, 0.2) is 18.2 Å². The summed E-state index contributed by atoms with van der Waals surface area (Å²) < 4.78 is 0. The molecule has 0 spiro atoms. The van der Waals surface area contributed by atoms with Crippen LogP contribution in [0.5, 0.6) is 0 Å². The summed E-state index contributed by atoms with van der Waals surface area (Å²) in [5, 5.41) is 3.32. The van der Waals surface area contributed by atoms with Gasteiger partial charge in [0.1, 0.15) is 0 Å². The third-order valence-corrected chi connectivity index (χ3v) is 3.51. The summed E-state index contributed by atoms with van der Waals surface area (Å²) in [4.78, 5) is 14.3. The quantitative estimate of drug-likeness (QED) is 0.866. The molecule has 0 unspecified atom stereocenters. The first-order valence-corrected chi connectivity index (χ1v) is 6.92. The fraction of sp³-hybridized carbons (Fsp3) is 0.533. The van der Waals surface area contributed by atoms with Gasteiger partial charge in [0.15, 0.2) is 0 Å². The molecule has 1 amide bonds. The molecule has 1 aromatic carbocycles. The molecule has 0 saturated carbocycles. The molecule has 0 aliphatic carbocycles. The minimum absolute atomic E-state index is 0.167. The smallest absolute Gasteiger partial charge is 0.253 e. The third kappa shape index (κ3) is 2.66. The van der Waals surface area contributed by atoms with Crippen molar-refractivity contribution in [2.45, 2.75) is 33.1 Å². The standard InChI is InChI=1S/C15H22N2O/c1-3-5-10-17(4-2)15(18)13-6-7-14-12(11-13)8-9-16-14/h6-7,11,16H,3-5,8-10H2,1-2H3. The summed E-state index contributed by atoms with van der Waals surface area (Å²) in [7, 11) is 0. The minimum Gasteiger partial charge on any atom is -0.384 e. The Kier molecular flexibility index (Phi) is 4.24. The summed E-state index contributed by atoms with van der Waals surface area (Å²) in [5.74, 6) is 0.167. The first-order valence-electron chi connectivity index (χ1n) is 6.92. The van der Waals surface area contributed by atoms with E-state index < -0.39 is 0 Å². The summed E-state index contributed by atoms with van der Waals surface area (Å²) >= 11 is 0. The lowest BCUT2D eigenvalue weighted by molar-refractivity contribution is 0.0762. The van der Waals surface area contributed by atoms with E-state index in [9.17, 15) is 4.79 Å². The Balaban J connectivity index is 2.12. The largest absolute Gasteiger partial charge is 0.384 e. The number of anilines is 1. The van der Waals surface area contributed by atoms with E-state index in [1.54, 1.807) is 0 Å². The minimum atomic E-state index is 0.167. The van der Waals surface area contributed by atoms with E-state index in [-0.39, 0.29) is 5.91 Å². The molecule has 3 heteroatoms. The van der Waals surface area contributed by atoms with Crippen molar-refractivity contribution in [3.63, 3.8) is 0 Å². The van der Waals surface area contributed by atoms with Crippen LogP contribution < -0.4 is 5.32 Å². The number of carbonyl (C=O) groups excluding carboxylic acids is 1. The van der Waals surface area contributed by atoms with Gasteiger partial charge in [-0.3, -0.25) is 4.79 Å². The van der Waals surface area contributed by atoms with Gasteiger partial charge in [-0.15, -0.1) is 0 Å². The Bertz CT molecular complexity index is 429. The SMILES string of the molecule is CCCCN(CC)C(=O)c1ccc2c(c1)CCN2. The van der Waals surface area contributed by atoms with E-state index in [0.717, 1.165) is 44.5 Å². The molecule has 98 valence electrons. The second kappa shape index (κ2) is 5.89. The number of unbranched alkanes of at least 4 members (excludes halogenated alkanes) is 1. The van der Waals surface area contributed by atoms with Crippen LogP contribution in [0.1, 0.15) is 42.6 Å². The van der Waals surface area contributed by atoms with Gasteiger partial charge < -0.3 is 10.2 Å². The highest BCUT2D eigenvalue weighted by Gasteiger charge is 2.17. The molecule has 0 radical (unpaired) electrons. The van der Waals surface area contributed by atoms with Crippen molar-refractivity contribution < 1.29 is 4.79 Å². The van der Waals surface area contributed by atoms with Crippen molar-refractivity contribution in [3.05, 3.63) is 29.3 Å². The predicted octanol–water partition coefficient (Wildman–Crippen LogP) is 2.92. The fourth-order valence-corrected chi connectivity index (χ4v) is 2.37. The lowest BCUT2D eigenvalue weighted by atomic mass is 10.1. The van der Waals surface area contributed by atoms with E-state index in [1.165, 1.54) is 11.3 Å². The van der Waals surface area contributed by atoms with Crippen LogP contribution in [0.3, 0.4) is 0 Å². The zero-order chi connectivity index (χ0) is 13.0. The van der Waals surface area contributed by atoms with Crippen LogP contribution in [0.2, 0.25) is 0 Å². The van der Waals surface area contributed by atoms with Crippen LogP contribution in [-0.2, 0) is 6.42 Å². The summed E-state index contributed by atoms with van der Waals surface area (Å²) in [6.07, 6.45) is 3.22. The van der Waals surface area contributed by atoms with Crippen LogP contribution in [-0.4, -0.2) is 30.4 Å². The van der Waals surface area contributed by atoms with Gasteiger partial charge >= 0.3 is 0 Å². The van der Waals surface area contributed by atoms with Gasteiger partial charge in [-0.25, -0.2) is 0 Å². The van der Waals surface area contributed by atoms with Crippen molar-refractivity contribution in [3.8, 4) is 0 Å². The van der Waals surface area contributed by atoms with Crippen LogP contribution in [0, 0.1) is 0 Å². The molecule has 18 heavy (non-hydrogen) atoms. The monoisotopic (exact) mass is 246 g/mol. The molecule has 0 atom stereocenters. The average Bonchev–Trinajstić information content (AvgIpc) is 2.86. The normalized spacial score (nSPS) is 13.0. The van der Waals surface area contributed by atoms with Gasteiger partial charge in [0, 0.05) is 30.9 Å². The number of amides is 1. The Hall–Kier alpha value is -1.51. The summed E-state index contributed by atoms with van der Waals surface area (Å²) in [6.45, 7) is 6.83. The van der Waals surface area contributed by atoms with E-state index in [2.05, 4.69) is 12.2 Å². The van der Waals surface area contributed by atoms with Gasteiger partial charge in [-0.2, -0.15) is 0 Å². The zero-order valence-electron chi connectivity index (χ0n) is 11.3. The molecular weight excluding hydrogens is 224 g/mol. The lowest BCUT2D eigenvalue weighted by Gasteiger charge is -2.21. The molecule has 3 nitrogen and oxygen atoms in total. The van der Waals surface area contributed by atoms with Crippen molar-refractivity contribution in [2.75, 3.05) is 25.0 Å². The van der Waals surface area contributed by atoms with Gasteiger partial charge in [-0.1, -0.05) is 13.3 Å². The second-order valence-electron chi connectivity index (χ2n) is 4.79. The molecule has 0 saturated heterocycles. The molecule has 0 aromatic heterocycles. The highest BCUT2D eigenvalue weighted by atomic mass is 16.2. The average molecular weight is 246 g/mol. The Morgan fingerprint density at radius 1 is 1.39 bits per heavy atom. The number of hydrogen-bond donors (Lipinski definition) is 1. The van der Waals surface area contributed by atoms with Gasteiger partial charge in [0.25, 0.3) is 5.91 Å². The van der Waals surface area contributed by atoms with E-state index in [1.807, 2.05) is 30.0 Å². The molecule has 1 heterocycles. The van der Waals surface area contributed by atoms with Gasteiger partial charge in [0.05, 0.1) is 0 Å². The molecule has 2 rings (SSSR count). The first kappa shape index (κ1) is 12.9. The molecule has 1 aromatic rings. The summed E-state index contributed by atoms with van der Waals surface area (Å²) in [5.41, 5.74) is 3.28. The number of rotatable bonds is 5. The van der Waals surface area contributed by atoms with Crippen molar-refractivity contribution in [1.29, 1.82) is 0 Å². The van der Waals surface area contributed by atoms with Crippen LogP contribution in [0.4, 0.5) is 5.69 Å². The third-order valence-electron chi connectivity index (χ3n) is 3.51. The second-order valence-corrected chi connectivity index (χ2v) is 4.79. The van der Waals surface area contributed by atoms with Crippen LogP contribution in [0.25, 0.3) is 0 Å². The number of nitrogens with zero attached hydrogens (tertiary/aromatic N) is 1. The van der Waals surface area contributed by atoms with Crippen molar-refractivity contribution >= 4 is 11.6 Å². The maximum absolute atomic E-state index is 12.4. The highest BCUT2D eigenvalue weighted by Crippen LogP contribution is 2.23. The van der Waals surface area contributed by atoms with E-state index in [4.69, 9.17) is 0 Å². The molecule has 0 fully saturated rings. The maximum atomic E-state index is 12.4. The number of hydrogen-bond acceptors (Lipinski definition) is 2. The van der Waals surface area contributed by atoms with E-state index >= 15 is 0 Å². The molecule has 0 bridgehead atoms. The van der Waals surface area contributed by atoms with Crippen molar-refractivity contribution in [1.82, 2.24) is 4.90 Å². The number of benzene rings is 1. The predicted molar refractivity (Wildman–Crippen MR) is 75.1 cm³/mol. The lowest BCUT2D eigenvalue weighted by Crippen LogP contribution is -2.31. The van der Waals surface area contributed by atoms with Crippen LogP contribution >= 0.6 is 0 Å². The Morgan fingerprint density at radius 2 is 2.22 bits per heavy atom. The molecule has 1 aliphatic rings. The fourth-order valence-electron chi connectivity index (χ4n) is 2.37. The highest BCUT2D eigenvalue weighted by molar-refractivity contribution is 5.95. The maximum Gasteiger partial charge on any atom is 0.253 e. The van der Waals surface area contributed by atoms with E-state index in [0.29, 0.717) is 0 Å². The molecule has 1 N–H and O–H groups in total. The summed E-state index contributed by atoms with van der Waals surface area (Å²) in [6, 6.07) is 6.02. The topological polar surface area (TPSA) is 32.3 Å². The van der Waals surface area contributed by atoms with Gasteiger partial charge in [-0.05, 0) is 43.5 Å². The van der Waals surface area contributed by atoms with Crippen molar-refractivity contribution in [2.24, 2.45) is 0 Å². The number of fused-ring (bicyclic) bond motifs is 1. The number of carbonyl (C=O) groups is 1.